The lowest BCUT2D eigenvalue weighted by Crippen LogP contribution is -2.58. The fraction of sp³-hybridized carbons (Fsp3) is 0.346. The molecule has 13 nitrogen and oxygen atoms in total. The van der Waals surface area contributed by atoms with Gasteiger partial charge in [-0.3, -0.25) is 19.2 Å². The summed E-state index contributed by atoms with van der Waals surface area (Å²) in [7, 11) is 0. The number of carboxylic acid groups (broad SMARTS) is 1. The number of carboxylic acids is 1. The van der Waals surface area contributed by atoms with E-state index in [9.17, 15) is 39.3 Å². The van der Waals surface area contributed by atoms with Crippen LogP contribution in [0.3, 0.4) is 0 Å². The number of benzene rings is 2. The molecule has 2 rings (SSSR count). The molecule has 0 aliphatic heterocycles. The third-order valence-electron chi connectivity index (χ3n) is 5.85. The number of carbonyl (C=O) groups excluding carboxylic acids is 4. The Morgan fingerprint density at radius 2 is 1.18 bits per heavy atom. The minimum atomic E-state index is -1.35. The van der Waals surface area contributed by atoms with Crippen LogP contribution in [0.2, 0.25) is 0 Å². The molecule has 0 saturated heterocycles. The van der Waals surface area contributed by atoms with Crippen LogP contribution in [0.15, 0.2) is 48.5 Å². The van der Waals surface area contributed by atoms with Crippen LogP contribution in [-0.2, 0) is 36.8 Å². The number of nitrogens with one attached hydrogen (secondary N) is 3. The molecule has 0 bridgehead atoms. The number of thiol groups is 1. The van der Waals surface area contributed by atoms with Crippen LogP contribution >= 0.6 is 12.6 Å². The van der Waals surface area contributed by atoms with Crippen molar-refractivity contribution in [2.45, 2.75) is 49.9 Å². The molecule has 4 amide bonds. The molecule has 0 spiro atoms. The fourth-order valence-electron chi connectivity index (χ4n) is 3.62. The number of rotatable bonds is 15. The van der Waals surface area contributed by atoms with Crippen LogP contribution < -0.4 is 27.4 Å². The number of amides is 4. The highest BCUT2D eigenvalue weighted by atomic mass is 32.1. The molecule has 14 heteroatoms. The molecule has 0 aromatic heterocycles. The van der Waals surface area contributed by atoms with Gasteiger partial charge in [-0.1, -0.05) is 24.3 Å². The molecule has 0 radical (unpaired) electrons. The van der Waals surface area contributed by atoms with E-state index >= 15 is 0 Å². The molecule has 0 fully saturated rings. The van der Waals surface area contributed by atoms with Crippen LogP contribution in [-0.4, -0.2) is 74.8 Å². The zero-order valence-corrected chi connectivity index (χ0v) is 22.3. The zero-order chi connectivity index (χ0) is 29.8. The fourth-order valence-corrected chi connectivity index (χ4v) is 3.87. The van der Waals surface area contributed by atoms with Crippen molar-refractivity contribution >= 4 is 42.2 Å². The second kappa shape index (κ2) is 15.3. The molecule has 0 saturated carbocycles. The van der Waals surface area contributed by atoms with E-state index < -0.39 is 53.8 Å². The van der Waals surface area contributed by atoms with Gasteiger partial charge in [0.05, 0.1) is 6.04 Å². The number of hydrogen-bond acceptors (Lipinski definition) is 9. The average molecular weight is 576 g/mol. The van der Waals surface area contributed by atoms with Crippen molar-refractivity contribution in [1.82, 2.24) is 16.0 Å². The first kappa shape index (κ1) is 31.9. The zero-order valence-electron chi connectivity index (χ0n) is 21.4. The third kappa shape index (κ3) is 10.5. The Labute approximate surface area is 235 Å². The monoisotopic (exact) mass is 575 g/mol. The van der Waals surface area contributed by atoms with Crippen molar-refractivity contribution in [1.29, 1.82) is 0 Å². The first-order chi connectivity index (χ1) is 18.9. The average Bonchev–Trinajstić information content (AvgIpc) is 2.90. The summed E-state index contributed by atoms with van der Waals surface area (Å²) >= 11 is 3.90. The highest BCUT2D eigenvalue weighted by molar-refractivity contribution is 7.80. The largest absolute Gasteiger partial charge is 0.508 e. The molecular weight excluding hydrogens is 542 g/mol. The quantitative estimate of drug-likeness (QED) is 0.118. The third-order valence-corrected chi connectivity index (χ3v) is 6.21. The summed E-state index contributed by atoms with van der Waals surface area (Å²) in [4.78, 5) is 61.8. The Morgan fingerprint density at radius 3 is 1.65 bits per heavy atom. The van der Waals surface area contributed by atoms with Gasteiger partial charge >= 0.3 is 5.97 Å². The lowest BCUT2D eigenvalue weighted by atomic mass is 10.0. The molecule has 0 aliphatic carbocycles. The van der Waals surface area contributed by atoms with Crippen LogP contribution in [0, 0.1) is 0 Å². The minimum Gasteiger partial charge on any atom is -0.508 e. The standard InChI is InChI=1S/C26H33N5O8S/c27-18(11-14-1-5-16(32)6-2-14)23(35)30-20(12-15-3-7-17(33)8-4-15)25(37)29-19(9-10-22(28)34)24(36)31-21(13-40)26(38)39/h1-8,18-21,32-33,40H,9-13,27H2,(H2,28,34)(H,29,37)(H,30,35)(H,31,36)(H,38,39). The Kier molecular flexibility index (Phi) is 12.2. The van der Waals surface area contributed by atoms with Crippen molar-refractivity contribution in [3.05, 3.63) is 59.7 Å². The van der Waals surface area contributed by atoms with Crippen LogP contribution in [0.5, 0.6) is 11.5 Å². The normalized spacial score (nSPS) is 13.8. The number of aromatic hydroxyl groups is 2. The molecule has 4 atom stereocenters. The van der Waals surface area contributed by atoms with Gasteiger partial charge in [-0.15, -0.1) is 0 Å². The van der Waals surface area contributed by atoms with Crippen molar-refractivity contribution in [3.8, 4) is 11.5 Å². The first-order valence-electron chi connectivity index (χ1n) is 12.2. The van der Waals surface area contributed by atoms with E-state index in [0.717, 1.165) is 0 Å². The van der Waals surface area contributed by atoms with Gasteiger partial charge in [0.2, 0.25) is 23.6 Å². The molecule has 2 aromatic rings. The maximum atomic E-state index is 13.3. The Bertz CT molecular complexity index is 1190. The van der Waals surface area contributed by atoms with Crippen molar-refractivity contribution in [3.63, 3.8) is 0 Å². The molecule has 4 unspecified atom stereocenters. The number of carbonyl (C=O) groups is 5. The maximum absolute atomic E-state index is 13.3. The van der Waals surface area contributed by atoms with Crippen LogP contribution in [0.25, 0.3) is 0 Å². The number of primary amides is 1. The van der Waals surface area contributed by atoms with Gasteiger partial charge < -0.3 is 42.7 Å². The van der Waals surface area contributed by atoms with Crippen LogP contribution in [0.4, 0.5) is 0 Å². The van der Waals surface area contributed by atoms with E-state index in [1.54, 1.807) is 24.3 Å². The molecule has 2 aromatic carbocycles. The maximum Gasteiger partial charge on any atom is 0.327 e. The van der Waals surface area contributed by atoms with E-state index in [2.05, 4.69) is 28.6 Å². The van der Waals surface area contributed by atoms with Crippen molar-refractivity contribution < 1.29 is 39.3 Å². The van der Waals surface area contributed by atoms with E-state index in [1.807, 2.05) is 0 Å². The van der Waals surface area contributed by atoms with Gasteiger partial charge in [-0.25, -0.2) is 4.79 Å². The molecule has 216 valence electrons. The number of nitrogens with two attached hydrogens (primary N) is 2. The molecule has 0 aliphatic rings. The number of phenols is 2. The van der Waals surface area contributed by atoms with Gasteiger partial charge in [0.1, 0.15) is 29.6 Å². The first-order valence-corrected chi connectivity index (χ1v) is 12.9. The van der Waals surface area contributed by atoms with Gasteiger partial charge in [0.25, 0.3) is 0 Å². The highest BCUT2D eigenvalue weighted by Gasteiger charge is 2.30. The second-order valence-electron chi connectivity index (χ2n) is 9.06. The summed E-state index contributed by atoms with van der Waals surface area (Å²) in [5.74, 6) is -4.64. The summed E-state index contributed by atoms with van der Waals surface area (Å²) in [5, 5.41) is 35.5. The van der Waals surface area contributed by atoms with Gasteiger partial charge in [0, 0.05) is 18.6 Å². The second-order valence-corrected chi connectivity index (χ2v) is 9.42. The Hall–Kier alpha value is -4.30. The minimum absolute atomic E-state index is 0.00920. The van der Waals surface area contributed by atoms with Crippen molar-refractivity contribution in [2.24, 2.45) is 11.5 Å². The van der Waals surface area contributed by atoms with E-state index in [1.165, 1.54) is 24.3 Å². The summed E-state index contributed by atoms with van der Waals surface area (Å²) in [5.41, 5.74) is 12.5. The Balaban J connectivity index is 2.24. The summed E-state index contributed by atoms with van der Waals surface area (Å²) in [6, 6.07) is 6.94. The number of aliphatic carboxylic acids is 1. The van der Waals surface area contributed by atoms with Crippen molar-refractivity contribution in [2.75, 3.05) is 5.75 Å². The van der Waals surface area contributed by atoms with Crippen LogP contribution in [0.1, 0.15) is 24.0 Å². The predicted octanol–water partition coefficient (Wildman–Crippen LogP) is -1.06. The SMILES string of the molecule is NC(=O)CCC(NC(=O)C(Cc1ccc(O)cc1)NC(=O)C(N)Cc1ccc(O)cc1)C(=O)NC(CS)C(=O)O. The summed E-state index contributed by atoms with van der Waals surface area (Å²) < 4.78 is 0. The topological polar surface area (TPSA) is 234 Å². The predicted molar refractivity (Wildman–Crippen MR) is 147 cm³/mol. The van der Waals surface area contributed by atoms with E-state index in [-0.39, 0.29) is 42.9 Å². The van der Waals surface area contributed by atoms with E-state index in [0.29, 0.717) is 11.1 Å². The summed E-state index contributed by atoms with van der Waals surface area (Å²) in [6.07, 6.45) is -0.471. The van der Waals surface area contributed by atoms with Gasteiger partial charge in [-0.2, -0.15) is 12.6 Å². The lowest BCUT2D eigenvalue weighted by molar-refractivity contribution is -0.141. The number of hydrogen-bond donors (Lipinski definition) is 9. The van der Waals surface area contributed by atoms with Gasteiger partial charge in [0.15, 0.2) is 0 Å². The highest BCUT2D eigenvalue weighted by Crippen LogP contribution is 2.13. The Morgan fingerprint density at radius 1 is 0.725 bits per heavy atom. The molecular formula is C26H33N5O8S. The lowest BCUT2D eigenvalue weighted by Gasteiger charge is -2.25. The number of phenolic OH excluding ortho intramolecular Hbond substituents is 2. The van der Waals surface area contributed by atoms with E-state index in [4.69, 9.17) is 11.5 Å². The molecule has 10 N–H and O–H groups in total. The van der Waals surface area contributed by atoms with Gasteiger partial charge in [-0.05, 0) is 48.2 Å². The smallest absolute Gasteiger partial charge is 0.327 e. The molecule has 0 heterocycles. The summed E-state index contributed by atoms with van der Waals surface area (Å²) in [6.45, 7) is 0. The molecule has 40 heavy (non-hydrogen) atoms.